The second kappa shape index (κ2) is 9.77. The summed E-state index contributed by atoms with van der Waals surface area (Å²) in [5.74, 6) is 1.71. The molecule has 0 bridgehead atoms. The van der Waals surface area contributed by atoms with Gasteiger partial charge in [-0.05, 0) is 44.5 Å². The molecular weight excluding hydrogens is 474 g/mol. The molecule has 0 aliphatic carbocycles. The lowest BCUT2D eigenvalue weighted by atomic mass is 10.1. The van der Waals surface area contributed by atoms with Crippen LogP contribution < -0.4 is 15.0 Å². The van der Waals surface area contributed by atoms with Gasteiger partial charge in [-0.25, -0.2) is 14.8 Å². The van der Waals surface area contributed by atoms with E-state index in [9.17, 15) is 4.79 Å². The van der Waals surface area contributed by atoms with Crippen LogP contribution in [0.2, 0.25) is 0 Å². The average Bonchev–Trinajstić information content (AvgIpc) is 3.45. The van der Waals surface area contributed by atoms with Crippen LogP contribution >= 0.6 is 11.3 Å². The van der Waals surface area contributed by atoms with E-state index in [0.29, 0.717) is 19.6 Å². The average molecular weight is 506 g/mol. The number of hydrogen-bond acceptors (Lipinski definition) is 7. The van der Waals surface area contributed by atoms with Crippen LogP contribution in [0.3, 0.4) is 0 Å². The Hall–Kier alpha value is -3.66. The lowest BCUT2D eigenvalue weighted by Crippen LogP contribution is -2.57. The number of thiophene rings is 1. The number of hydrogen-bond donors (Lipinski definition) is 1. The highest BCUT2D eigenvalue weighted by Crippen LogP contribution is 2.38. The predicted octanol–water partition coefficient (Wildman–Crippen LogP) is 4.39. The third-order valence-corrected chi connectivity index (χ3v) is 7.85. The van der Waals surface area contributed by atoms with E-state index in [0.717, 1.165) is 43.5 Å². The molecule has 0 radical (unpaired) electrons. The molecule has 2 atom stereocenters. The van der Waals surface area contributed by atoms with Crippen molar-refractivity contribution in [1.82, 2.24) is 30.0 Å². The fraction of sp³-hybridized carbons (Fsp3) is 0.385. The van der Waals surface area contributed by atoms with Crippen molar-refractivity contribution in [2.24, 2.45) is 7.05 Å². The van der Waals surface area contributed by atoms with Crippen LogP contribution in [-0.4, -0.2) is 63.5 Å². The number of aromatic nitrogens is 4. The molecule has 4 aromatic rings. The van der Waals surface area contributed by atoms with E-state index in [1.165, 1.54) is 0 Å². The Morgan fingerprint density at radius 3 is 2.81 bits per heavy atom. The SMILES string of the molecule is COc1cccc([C@@H](C)NC(=O)N2CCN(c3ncnc4cc(-c5cn(C)nc5C)sc34)C[C@H]2C)c1. The summed E-state index contributed by atoms with van der Waals surface area (Å²) in [4.78, 5) is 27.6. The Morgan fingerprint density at radius 1 is 1.25 bits per heavy atom. The summed E-state index contributed by atoms with van der Waals surface area (Å²) < 4.78 is 8.22. The fourth-order valence-corrected chi connectivity index (χ4v) is 5.95. The summed E-state index contributed by atoms with van der Waals surface area (Å²) in [7, 11) is 3.58. The van der Waals surface area contributed by atoms with Crippen LogP contribution in [0.4, 0.5) is 10.6 Å². The Labute approximate surface area is 214 Å². The largest absolute Gasteiger partial charge is 0.497 e. The number of urea groups is 1. The predicted molar refractivity (Wildman–Crippen MR) is 143 cm³/mol. The third-order valence-electron chi connectivity index (χ3n) is 6.69. The Morgan fingerprint density at radius 2 is 2.08 bits per heavy atom. The van der Waals surface area contributed by atoms with E-state index in [4.69, 9.17) is 4.74 Å². The molecule has 1 aliphatic rings. The number of nitrogens with zero attached hydrogens (tertiary/aromatic N) is 6. The minimum atomic E-state index is -0.125. The quantitative estimate of drug-likeness (QED) is 0.433. The van der Waals surface area contributed by atoms with Crippen LogP contribution in [-0.2, 0) is 7.05 Å². The zero-order chi connectivity index (χ0) is 25.4. The van der Waals surface area contributed by atoms with Crippen molar-refractivity contribution < 1.29 is 9.53 Å². The second-order valence-electron chi connectivity index (χ2n) is 9.26. The van der Waals surface area contributed by atoms with Gasteiger partial charge in [-0.15, -0.1) is 11.3 Å². The molecule has 1 aromatic carbocycles. The topological polar surface area (TPSA) is 88.4 Å². The molecule has 9 nitrogen and oxygen atoms in total. The normalized spacial score (nSPS) is 16.9. The standard InChI is InChI=1S/C26H31N7O2S/c1-16-13-32(9-10-33(16)26(34)29-17(2)19-7-6-8-20(11-19)35-5)25-24-22(27-15-28-25)12-23(36-24)21-14-31(4)30-18(21)3/h6-8,11-12,14-17H,9-10,13H2,1-5H3,(H,29,34)/t16-,17-/m1/s1. The molecule has 2 amide bonds. The number of anilines is 1. The fourth-order valence-electron chi connectivity index (χ4n) is 4.76. The van der Waals surface area contributed by atoms with Gasteiger partial charge in [-0.3, -0.25) is 4.68 Å². The van der Waals surface area contributed by atoms with Crippen molar-refractivity contribution in [2.75, 3.05) is 31.6 Å². The third kappa shape index (κ3) is 4.60. The number of benzene rings is 1. The van der Waals surface area contributed by atoms with E-state index in [1.807, 2.05) is 60.9 Å². The van der Waals surface area contributed by atoms with E-state index < -0.39 is 0 Å². The van der Waals surface area contributed by atoms with Crippen LogP contribution in [0.1, 0.15) is 31.1 Å². The number of fused-ring (bicyclic) bond motifs is 1. The van der Waals surface area contributed by atoms with Crippen molar-refractivity contribution in [2.45, 2.75) is 32.9 Å². The zero-order valence-electron chi connectivity index (χ0n) is 21.2. The molecule has 5 rings (SSSR count). The molecule has 0 saturated carbocycles. The smallest absolute Gasteiger partial charge is 0.318 e. The molecule has 3 aromatic heterocycles. The summed E-state index contributed by atoms with van der Waals surface area (Å²) >= 11 is 1.69. The van der Waals surface area contributed by atoms with E-state index in [1.54, 1.807) is 24.8 Å². The first-order valence-corrected chi connectivity index (χ1v) is 12.9. The first-order valence-electron chi connectivity index (χ1n) is 12.0. The molecule has 188 valence electrons. The molecule has 1 aliphatic heterocycles. The maximum absolute atomic E-state index is 13.1. The van der Waals surface area contributed by atoms with Gasteiger partial charge in [-0.1, -0.05) is 12.1 Å². The number of rotatable bonds is 5. The minimum absolute atomic E-state index is 0.0290. The maximum atomic E-state index is 13.1. The van der Waals surface area contributed by atoms with Gasteiger partial charge >= 0.3 is 6.03 Å². The first-order chi connectivity index (χ1) is 17.3. The number of carbonyl (C=O) groups is 1. The highest BCUT2D eigenvalue weighted by Gasteiger charge is 2.30. The Balaban J connectivity index is 1.30. The first kappa shape index (κ1) is 24.1. The highest BCUT2D eigenvalue weighted by molar-refractivity contribution is 7.22. The van der Waals surface area contributed by atoms with Crippen molar-refractivity contribution in [3.05, 3.63) is 54.1 Å². The number of amides is 2. The lowest BCUT2D eigenvalue weighted by Gasteiger charge is -2.40. The Bertz CT molecular complexity index is 1400. The van der Waals surface area contributed by atoms with Gasteiger partial charge in [0, 0.05) is 49.4 Å². The highest BCUT2D eigenvalue weighted by atomic mass is 32.1. The van der Waals surface area contributed by atoms with Gasteiger partial charge in [-0.2, -0.15) is 5.10 Å². The molecule has 36 heavy (non-hydrogen) atoms. The molecule has 1 fully saturated rings. The van der Waals surface area contributed by atoms with E-state index in [-0.39, 0.29) is 18.1 Å². The summed E-state index contributed by atoms with van der Waals surface area (Å²) in [6.45, 7) is 8.11. The lowest BCUT2D eigenvalue weighted by molar-refractivity contribution is 0.168. The number of carbonyl (C=O) groups excluding carboxylic acids is 1. The van der Waals surface area contributed by atoms with Gasteiger partial charge < -0.3 is 19.9 Å². The number of ether oxygens (including phenoxy) is 1. The molecule has 1 N–H and O–H groups in total. The molecule has 1 saturated heterocycles. The Kier molecular flexibility index (Phi) is 6.53. The number of piperazine rings is 1. The van der Waals surface area contributed by atoms with Crippen LogP contribution in [0.25, 0.3) is 20.7 Å². The van der Waals surface area contributed by atoms with Gasteiger partial charge in [0.05, 0.1) is 29.1 Å². The van der Waals surface area contributed by atoms with Crippen molar-refractivity contribution in [1.29, 1.82) is 0 Å². The molecular formula is C26H31N7O2S. The van der Waals surface area contributed by atoms with Crippen LogP contribution in [0, 0.1) is 6.92 Å². The van der Waals surface area contributed by atoms with E-state index >= 15 is 0 Å². The molecule has 10 heteroatoms. The number of nitrogens with one attached hydrogen (secondary N) is 1. The summed E-state index contributed by atoms with van der Waals surface area (Å²) in [6, 6.07) is 9.75. The summed E-state index contributed by atoms with van der Waals surface area (Å²) in [6.07, 6.45) is 3.67. The van der Waals surface area contributed by atoms with Gasteiger partial charge in [0.25, 0.3) is 0 Å². The van der Waals surface area contributed by atoms with E-state index in [2.05, 4.69) is 38.3 Å². The summed E-state index contributed by atoms with van der Waals surface area (Å²) in [5.41, 5.74) is 4.05. The van der Waals surface area contributed by atoms with Crippen molar-refractivity contribution in [3.8, 4) is 16.2 Å². The number of aryl methyl sites for hydroxylation is 2. The molecule has 0 unspecified atom stereocenters. The minimum Gasteiger partial charge on any atom is -0.497 e. The molecule has 4 heterocycles. The van der Waals surface area contributed by atoms with Crippen LogP contribution in [0.5, 0.6) is 5.75 Å². The van der Waals surface area contributed by atoms with Gasteiger partial charge in [0.2, 0.25) is 0 Å². The maximum Gasteiger partial charge on any atom is 0.318 e. The van der Waals surface area contributed by atoms with Crippen molar-refractivity contribution >= 4 is 33.4 Å². The van der Waals surface area contributed by atoms with Gasteiger partial charge in [0.1, 0.15) is 17.9 Å². The molecule has 0 spiro atoms. The van der Waals surface area contributed by atoms with Gasteiger partial charge in [0.15, 0.2) is 0 Å². The summed E-state index contributed by atoms with van der Waals surface area (Å²) in [5, 5.41) is 7.62. The monoisotopic (exact) mass is 505 g/mol. The number of methoxy groups -OCH3 is 1. The van der Waals surface area contributed by atoms with Crippen LogP contribution in [0.15, 0.2) is 42.9 Å². The second-order valence-corrected chi connectivity index (χ2v) is 10.3. The zero-order valence-corrected chi connectivity index (χ0v) is 22.0. The van der Waals surface area contributed by atoms with Crippen molar-refractivity contribution in [3.63, 3.8) is 0 Å².